The highest BCUT2D eigenvalue weighted by atomic mass is 15.2. The molecule has 0 saturated heterocycles. The van der Waals surface area contributed by atoms with Crippen molar-refractivity contribution in [3.05, 3.63) is 23.9 Å². The van der Waals surface area contributed by atoms with Gasteiger partial charge in [0.1, 0.15) is 5.82 Å². The molecule has 1 aromatic rings. The molecule has 0 aromatic carbocycles. The summed E-state index contributed by atoms with van der Waals surface area (Å²) in [5.74, 6) is 1.08. The molecule has 0 spiro atoms. The fourth-order valence-corrected chi connectivity index (χ4v) is 1.74. The summed E-state index contributed by atoms with van der Waals surface area (Å²) in [6.07, 6.45) is 3.80. The molecule has 0 amide bonds. The molecule has 3 heteroatoms. The van der Waals surface area contributed by atoms with E-state index in [-0.39, 0.29) is 0 Å². The van der Waals surface area contributed by atoms with E-state index in [1.807, 2.05) is 0 Å². The standard InChI is InChI=1S/C14H25N3/c1-4-6-7-11-17(3)14-10-8-9-13(16-14)12-15-5-2/h8-10,15H,4-7,11-12H2,1-3H3. The van der Waals surface area contributed by atoms with Crippen LogP contribution in [0.3, 0.4) is 0 Å². The summed E-state index contributed by atoms with van der Waals surface area (Å²) < 4.78 is 0. The molecule has 0 unspecified atom stereocenters. The second-order valence-electron chi connectivity index (χ2n) is 4.40. The summed E-state index contributed by atoms with van der Waals surface area (Å²) in [4.78, 5) is 6.89. The van der Waals surface area contributed by atoms with Gasteiger partial charge in [0, 0.05) is 20.1 Å². The fraction of sp³-hybridized carbons (Fsp3) is 0.643. The van der Waals surface area contributed by atoms with Crippen LogP contribution >= 0.6 is 0 Å². The third-order valence-corrected chi connectivity index (χ3v) is 2.84. The lowest BCUT2D eigenvalue weighted by Gasteiger charge is -2.18. The predicted molar refractivity (Wildman–Crippen MR) is 74.4 cm³/mol. The van der Waals surface area contributed by atoms with Gasteiger partial charge in [0.25, 0.3) is 0 Å². The molecule has 0 saturated carbocycles. The highest BCUT2D eigenvalue weighted by Gasteiger charge is 2.02. The fourth-order valence-electron chi connectivity index (χ4n) is 1.74. The summed E-state index contributed by atoms with van der Waals surface area (Å²) in [7, 11) is 2.12. The molecular weight excluding hydrogens is 210 g/mol. The van der Waals surface area contributed by atoms with Crippen molar-refractivity contribution in [2.24, 2.45) is 0 Å². The lowest BCUT2D eigenvalue weighted by Crippen LogP contribution is -2.21. The van der Waals surface area contributed by atoms with E-state index in [4.69, 9.17) is 0 Å². The van der Waals surface area contributed by atoms with Crippen molar-refractivity contribution in [3.63, 3.8) is 0 Å². The number of hydrogen-bond donors (Lipinski definition) is 1. The molecule has 0 aliphatic rings. The number of unbranched alkanes of at least 4 members (excludes halogenated alkanes) is 2. The van der Waals surface area contributed by atoms with Crippen molar-refractivity contribution in [1.29, 1.82) is 0 Å². The number of pyridine rings is 1. The van der Waals surface area contributed by atoms with Gasteiger partial charge in [0.15, 0.2) is 0 Å². The number of rotatable bonds is 8. The zero-order valence-corrected chi connectivity index (χ0v) is 11.4. The molecule has 3 nitrogen and oxygen atoms in total. The average Bonchev–Trinajstić information content (AvgIpc) is 2.37. The molecule has 1 N–H and O–H groups in total. The molecule has 0 bridgehead atoms. The van der Waals surface area contributed by atoms with Crippen LogP contribution in [0.4, 0.5) is 5.82 Å². The third kappa shape index (κ3) is 5.18. The van der Waals surface area contributed by atoms with Crippen molar-refractivity contribution in [3.8, 4) is 0 Å². The largest absolute Gasteiger partial charge is 0.360 e. The average molecular weight is 235 g/mol. The number of hydrogen-bond acceptors (Lipinski definition) is 3. The summed E-state index contributed by atoms with van der Waals surface area (Å²) in [6, 6.07) is 6.25. The Bertz CT molecular complexity index is 312. The van der Waals surface area contributed by atoms with Crippen LogP contribution in [0.5, 0.6) is 0 Å². The molecule has 1 rings (SSSR count). The van der Waals surface area contributed by atoms with Gasteiger partial charge in [-0.25, -0.2) is 4.98 Å². The Morgan fingerprint density at radius 3 is 2.76 bits per heavy atom. The first-order chi connectivity index (χ1) is 8.27. The van der Waals surface area contributed by atoms with Crippen molar-refractivity contribution in [2.75, 3.05) is 25.0 Å². The molecule has 0 fully saturated rings. The highest BCUT2D eigenvalue weighted by molar-refractivity contribution is 5.38. The van der Waals surface area contributed by atoms with Crippen LogP contribution in [-0.4, -0.2) is 25.1 Å². The zero-order chi connectivity index (χ0) is 12.5. The smallest absolute Gasteiger partial charge is 0.128 e. The minimum Gasteiger partial charge on any atom is -0.360 e. The molecule has 1 heterocycles. The molecule has 0 radical (unpaired) electrons. The second kappa shape index (κ2) is 8.07. The Morgan fingerprint density at radius 1 is 1.24 bits per heavy atom. The topological polar surface area (TPSA) is 28.2 Å². The maximum Gasteiger partial charge on any atom is 0.128 e. The number of nitrogens with zero attached hydrogens (tertiary/aromatic N) is 2. The summed E-state index contributed by atoms with van der Waals surface area (Å²) in [6.45, 7) is 7.27. The lowest BCUT2D eigenvalue weighted by atomic mass is 10.2. The van der Waals surface area contributed by atoms with Crippen LogP contribution < -0.4 is 10.2 Å². The normalized spacial score (nSPS) is 10.5. The minimum absolute atomic E-state index is 0.854. The Morgan fingerprint density at radius 2 is 2.06 bits per heavy atom. The summed E-state index contributed by atoms with van der Waals surface area (Å²) >= 11 is 0. The molecular formula is C14H25N3. The van der Waals surface area contributed by atoms with E-state index in [0.717, 1.165) is 31.1 Å². The Hall–Kier alpha value is -1.09. The van der Waals surface area contributed by atoms with Gasteiger partial charge in [-0.3, -0.25) is 0 Å². The van der Waals surface area contributed by atoms with Crippen LogP contribution in [0, 0.1) is 0 Å². The van der Waals surface area contributed by atoms with Crippen LogP contribution in [-0.2, 0) is 6.54 Å². The van der Waals surface area contributed by atoms with E-state index in [1.54, 1.807) is 0 Å². The van der Waals surface area contributed by atoms with E-state index in [1.165, 1.54) is 19.3 Å². The first-order valence-electron chi connectivity index (χ1n) is 6.65. The summed E-state index contributed by atoms with van der Waals surface area (Å²) in [5.41, 5.74) is 1.12. The van der Waals surface area contributed by atoms with Gasteiger partial charge < -0.3 is 10.2 Å². The van der Waals surface area contributed by atoms with E-state index in [2.05, 4.69) is 54.3 Å². The van der Waals surface area contributed by atoms with E-state index in [9.17, 15) is 0 Å². The molecule has 0 aliphatic carbocycles. The molecule has 0 aliphatic heterocycles. The first-order valence-corrected chi connectivity index (χ1v) is 6.65. The van der Waals surface area contributed by atoms with Gasteiger partial charge in [0.05, 0.1) is 5.69 Å². The lowest BCUT2D eigenvalue weighted by molar-refractivity contribution is 0.691. The van der Waals surface area contributed by atoms with Crippen LogP contribution in [0.1, 0.15) is 38.8 Å². The molecule has 0 atom stereocenters. The maximum atomic E-state index is 4.65. The van der Waals surface area contributed by atoms with Crippen LogP contribution in [0.15, 0.2) is 18.2 Å². The highest BCUT2D eigenvalue weighted by Crippen LogP contribution is 2.10. The van der Waals surface area contributed by atoms with Crippen molar-refractivity contribution >= 4 is 5.82 Å². The Balaban J connectivity index is 2.51. The van der Waals surface area contributed by atoms with Gasteiger partial charge in [-0.1, -0.05) is 32.8 Å². The molecule has 1 aromatic heterocycles. The Kier molecular flexibility index (Phi) is 6.63. The number of anilines is 1. The molecule has 96 valence electrons. The number of aromatic nitrogens is 1. The Labute approximate surface area is 105 Å². The van der Waals surface area contributed by atoms with Gasteiger partial charge in [0.2, 0.25) is 0 Å². The van der Waals surface area contributed by atoms with Crippen LogP contribution in [0.25, 0.3) is 0 Å². The first kappa shape index (κ1) is 14.0. The molecule has 17 heavy (non-hydrogen) atoms. The van der Waals surface area contributed by atoms with E-state index in [0.29, 0.717) is 0 Å². The van der Waals surface area contributed by atoms with E-state index >= 15 is 0 Å². The van der Waals surface area contributed by atoms with Gasteiger partial charge in [-0.2, -0.15) is 0 Å². The third-order valence-electron chi connectivity index (χ3n) is 2.84. The minimum atomic E-state index is 0.854. The monoisotopic (exact) mass is 235 g/mol. The quantitative estimate of drug-likeness (QED) is 0.702. The van der Waals surface area contributed by atoms with Gasteiger partial charge >= 0.3 is 0 Å². The van der Waals surface area contributed by atoms with Crippen LogP contribution in [0.2, 0.25) is 0 Å². The summed E-state index contributed by atoms with van der Waals surface area (Å²) in [5, 5.41) is 3.30. The van der Waals surface area contributed by atoms with Gasteiger partial charge in [-0.05, 0) is 25.1 Å². The van der Waals surface area contributed by atoms with Gasteiger partial charge in [-0.15, -0.1) is 0 Å². The second-order valence-corrected chi connectivity index (χ2v) is 4.40. The maximum absolute atomic E-state index is 4.65. The van der Waals surface area contributed by atoms with Crippen molar-refractivity contribution < 1.29 is 0 Å². The SMILES string of the molecule is CCCCCN(C)c1cccc(CNCC)n1. The van der Waals surface area contributed by atoms with E-state index < -0.39 is 0 Å². The predicted octanol–water partition coefficient (Wildman–Crippen LogP) is 2.82. The zero-order valence-electron chi connectivity index (χ0n) is 11.4. The van der Waals surface area contributed by atoms with Crippen molar-refractivity contribution in [2.45, 2.75) is 39.7 Å². The number of nitrogens with one attached hydrogen (secondary N) is 1. The van der Waals surface area contributed by atoms with Crippen molar-refractivity contribution in [1.82, 2.24) is 10.3 Å².